The molecule has 3 rings (SSSR count). The van der Waals surface area contributed by atoms with Gasteiger partial charge in [0.05, 0.1) is 0 Å². The summed E-state index contributed by atoms with van der Waals surface area (Å²) in [5.41, 5.74) is 2.32. The van der Waals surface area contributed by atoms with Crippen LogP contribution < -0.4 is 0 Å². The van der Waals surface area contributed by atoms with Crippen molar-refractivity contribution < 1.29 is 4.79 Å². The topological polar surface area (TPSA) is 32.9 Å². The third-order valence-electron chi connectivity index (χ3n) is 3.36. The zero-order valence-electron chi connectivity index (χ0n) is 8.79. The Labute approximate surface area is 98.6 Å². The second-order valence-electron chi connectivity index (χ2n) is 4.41. The van der Waals surface area contributed by atoms with Crippen LogP contribution in [0.4, 0.5) is 0 Å². The standard InChI is InChI=1S/C13H12ClNO/c14-9-2-4-11-12(7-15-13(11)6-9)8-1-3-10(16)5-8/h2,4,6-8,15H,1,3,5H2. The van der Waals surface area contributed by atoms with Crippen molar-refractivity contribution in [3.63, 3.8) is 0 Å². The first kappa shape index (κ1) is 9.91. The van der Waals surface area contributed by atoms with Gasteiger partial charge in [-0.1, -0.05) is 17.7 Å². The number of Topliss-reactive ketones (excluding diaryl/α,β-unsaturated/α-hetero) is 1. The van der Waals surface area contributed by atoms with Gasteiger partial charge in [0.15, 0.2) is 0 Å². The van der Waals surface area contributed by atoms with Crippen molar-refractivity contribution in [1.29, 1.82) is 0 Å². The lowest BCUT2D eigenvalue weighted by Gasteiger charge is -2.05. The predicted molar refractivity (Wildman–Crippen MR) is 64.9 cm³/mol. The number of benzene rings is 1. The normalized spacial score (nSPS) is 20.8. The summed E-state index contributed by atoms with van der Waals surface area (Å²) in [6.07, 6.45) is 4.42. The van der Waals surface area contributed by atoms with Crippen LogP contribution in [0.25, 0.3) is 10.9 Å². The Kier molecular flexibility index (Phi) is 2.25. The van der Waals surface area contributed by atoms with E-state index in [1.165, 1.54) is 10.9 Å². The van der Waals surface area contributed by atoms with Crippen molar-refractivity contribution >= 4 is 28.3 Å². The van der Waals surface area contributed by atoms with Gasteiger partial charge in [0.2, 0.25) is 0 Å². The summed E-state index contributed by atoms with van der Waals surface area (Å²) in [6.45, 7) is 0. The van der Waals surface area contributed by atoms with Crippen LogP contribution in [0.5, 0.6) is 0 Å². The molecule has 82 valence electrons. The monoisotopic (exact) mass is 233 g/mol. The molecule has 1 aliphatic rings. The van der Waals surface area contributed by atoms with Crippen LogP contribution in [0.3, 0.4) is 0 Å². The van der Waals surface area contributed by atoms with E-state index in [1.54, 1.807) is 0 Å². The Morgan fingerprint density at radius 1 is 1.38 bits per heavy atom. The molecule has 1 unspecified atom stereocenters. The maximum Gasteiger partial charge on any atom is 0.133 e. The van der Waals surface area contributed by atoms with E-state index in [-0.39, 0.29) is 0 Å². The largest absolute Gasteiger partial charge is 0.361 e. The molecule has 1 aliphatic carbocycles. The van der Waals surface area contributed by atoms with E-state index < -0.39 is 0 Å². The Balaban J connectivity index is 2.07. The molecule has 0 radical (unpaired) electrons. The van der Waals surface area contributed by atoms with E-state index >= 15 is 0 Å². The summed E-state index contributed by atoms with van der Waals surface area (Å²) in [5.74, 6) is 0.774. The fourth-order valence-electron chi connectivity index (χ4n) is 2.54. The lowest BCUT2D eigenvalue weighted by Crippen LogP contribution is -1.92. The number of H-pyrrole nitrogens is 1. The number of ketones is 1. The van der Waals surface area contributed by atoms with Crippen LogP contribution in [0.2, 0.25) is 5.02 Å². The molecule has 3 heteroatoms. The number of aromatic amines is 1. The minimum absolute atomic E-state index is 0.383. The zero-order valence-corrected chi connectivity index (χ0v) is 9.55. The number of carbonyl (C=O) groups is 1. The van der Waals surface area contributed by atoms with Crippen LogP contribution in [0.15, 0.2) is 24.4 Å². The van der Waals surface area contributed by atoms with Gasteiger partial charge in [0, 0.05) is 35.0 Å². The maximum absolute atomic E-state index is 11.3. The predicted octanol–water partition coefficient (Wildman–Crippen LogP) is 3.66. The molecule has 1 fully saturated rings. The molecule has 2 nitrogen and oxygen atoms in total. The number of nitrogens with one attached hydrogen (secondary N) is 1. The molecule has 16 heavy (non-hydrogen) atoms. The molecule has 1 saturated carbocycles. The van der Waals surface area contributed by atoms with E-state index in [2.05, 4.69) is 4.98 Å². The molecule has 1 aromatic carbocycles. The first-order chi connectivity index (χ1) is 7.74. The molecule has 2 aromatic rings. The Morgan fingerprint density at radius 3 is 3.00 bits per heavy atom. The van der Waals surface area contributed by atoms with Crippen LogP contribution in [-0.4, -0.2) is 10.8 Å². The highest BCUT2D eigenvalue weighted by Crippen LogP contribution is 2.36. The molecule has 0 bridgehead atoms. The van der Waals surface area contributed by atoms with Crippen molar-refractivity contribution in [2.75, 3.05) is 0 Å². The number of aromatic nitrogens is 1. The van der Waals surface area contributed by atoms with Gasteiger partial charge >= 0.3 is 0 Å². The third-order valence-corrected chi connectivity index (χ3v) is 3.60. The molecule has 0 amide bonds. The molecule has 1 N–H and O–H groups in total. The number of fused-ring (bicyclic) bond motifs is 1. The summed E-state index contributed by atoms with van der Waals surface area (Å²) >= 11 is 5.94. The molecule has 0 saturated heterocycles. The van der Waals surface area contributed by atoms with Gasteiger partial charge in [0.1, 0.15) is 5.78 Å². The number of hydrogen-bond donors (Lipinski definition) is 1. The Morgan fingerprint density at radius 2 is 2.25 bits per heavy atom. The molecular weight excluding hydrogens is 222 g/mol. The maximum atomic E-state index is 11.3. The van der Waals surface area contributed by atoms with Crippen molar-refractivity contribution in [3.8, 4) is 0 Å². The third kappa shape index (κ3) is 1.54. The van der Waals surface area contributed by atoms with Crippen LogP contribution >= 0.6 is 11.6 Å². The van der Waals surface area contributed by atoms with Crippen LogP contribution in [0.1, 0.15) is 30.7 Å². The van der Waals surface area contributed by atoms with Gasteiger partial charge in [-0.2, -0.15) is 0 Å². The minimum atomic E-state index is 0.383. The van der Waals surface area contributed by atoms with E-state index in [4.69, 9.17) is 11.6 Å². The number of hydrogen-bond acceptors (Lipinski definition) is 1. The van der Waals surface area contributed by atoms with Crippen molar-refractivity contribution in [2.45, 2.75) is 25.2 Å². The summed E-state index contributed by atoms with van der Waals surface area (Å²) in [6, 6.07) is 5.86. The fourth-order valence-corrected chi connectivity index (χ4v) is 2.71. The van der Waals surface area contributed by atoms with Gasteiger partial charge in [-0.05, 0) is 30.0 Å². The summed E-state index contributed by atoms with van der Waals surface area (Å²) < 4.78 is 0. The highest BCUT2D eigenvalue weighted by Gasteiger charge is 2.25. The lowest BCUT2D eigenvalue weighted by atomic mass is 9.97. The zero-order chi connectivity index (χ0) is 11.1. The number of rotatable bonds is 1. The number of halogens is 1. The second-order valence-corrected chi connectivity index (χ2v) is 4.85. The molecule has 0 aliphatic heterocycles. The molecule has 0 spiro atoms. The second kappa shape index (κ2) is 3.63. The molecular formula is C13H12ClNO. The SMILES string of the molecule is O=C1CCC(c2c[nH]c3cc(Cl)ccc23)C1. The summed E-state index contributed by atoms with van der Waals surface area (Å²) in [4.78, 5) is 14.5. The lowest BCUT2D eigenvalue weighted by molar-refractivity contribution is -0.117. The van der Waals surface area contributed by atoms with Crippen molar-refractivity contribution in [2.24, 2.45) is 0 Å². The minimum Gasteiger partial charge on any atom is -0.361 e. The summed E-state index contributed by atoms with van der Waals surface area (Å²) in [7, 11) is 0. The van der Waals surface area contributed by atoms with E-state index in [9.17, 15) is 4.79 Å². The first-order valence-corrected chi connectivity index (χ1v) is 5.90. The first-order valence-electron chi connectivity index (χ1n) is 5.52. The summed E-state index contributed by atoms with van der Waals surface area (Å²) in [5, 5.41) is 1.94. The van der Waals surface area contributed by atoms with E-state index in [0.29, 0.717) is 18.1 Å². The van der Waals surface area contributed by atoms with E-state index in [0.717, 1.165) is 23.4 Å². The smallest absolute Gasteiger partial charge is 0.133 e. The van der Waals surface area contributed by atoms with Crippen molar-refractivity contribution in [1.82, 2.24) is 4.98 Å². The van der Waals surface area contributed by atoms with Crippen LogP contribution in [0, 0.1) is 0 Å². The molecule has 1 aromatic heterocycles. The Bertz CT molecular complexity index is 558. The van der Waals surface area contributed by atoms with Gasteiger partial charge in [-0.3, -0.25) is 4.79 Å². The van der Waals surface area contributed by atoms with Gasteiger partial charge in [-0.15, -0.1) is 0 Å². The average Bonchev–Trinajstić information content (AvgIpc) is 2.83. The van der Waals surface area contributed by atoms with Gasteiger partial charge < -0.3 is 4.98 Å². The average molecular weight is 234 g/mol. The Hall–Kier alpha value is -1.28. The van der Waals surface area contributed by atoms with Crippen LogP contribution in [-0.2, 0) is 4.79 Å². The number of carbonyl (C=O) groups excluding carboxylic acids is 1. The quantitative estimate of drug-likeness (QED) is 0.801. The van der Waals surface area contributed by atoms with E-state index in [1.807, 2.05) is 24.4 Å². The molecule has 1 atom stereocenters. The van der Waals surface area contributed by atoms with Crippen molar-refractivity contribution in [3.05, 3.63) is 35.0 Å². The fraction of sp³-hybridized carbons (Fsp3) is 0.308. The van der Waals surface area contributed by atoms with Gasteiger partial charge in [-0.25, -0.2) is 0 Å². The molecule has 1 heterocycles. The highest BCUT2D eigenvalue weighted by atomic mass is 35.5. The van der Waals surface area contributed by atoms with Gasteiger partial charge in [0.25, 0.3) is 0 Å². The highest BCUT2D eigenvalue weighted by molar-refractivity contribution is 6.31.